The predicted molar refractivity (Wildman–Crippen MR) is 82.5 cm³/mol. The van der Waals surface area contributed by atoms with Gasteiger partial charge >= 0.3 is 12.0 Å². The van der Waals surface area contributed by atoms with Crippen LogP contribution in [0, 0.1) is 0 Å². The zero-order valence-electron chi connectivity index (χ0n) is 12.4. The summed E-state index contributed by atoms with van der Waals surface area (Å²) in [5.41, 5.74) is -1.62. The number of carboxylic acids is 1. The van der Waals surface area contributed by atoms with Gasteiger partial charge in [-0.1, -0.05) is 18.5 Å². The van der Waals surface area contributed by atoms with Crippen molar-refractivity contribution in [3.63, 3.8) is 0 Å². The lowest BCUT2D eigenvalue weighted by atomic mass is 10.1. The average Bonchev–Trinajstić information content (AvgIpc) is 2.44. The lowest BCUT2D eigenvalue weighted by Gasteiger charge is -2.18. The van der Waals surface area contributed by atoms with Gasteiger partial charge in [-0.05, 0) is 31.5 Å². The van der Waals surface area contributed by atoms with Crippen LogP contribution in [0.3, 0.4) is 0 Å². The number of nitrogens with one attached hydrogen (secondary N) is 2. The number of anilines is 1. The minimum Gasteiger partial charge on any atom is -0.492 e. The van der Waals surface area contributed by atoms with Gasteiger partial charge in [-0.3, -0.25) is 0 Å². The first-order valence-corrected chi connectivity index (χ1v) is 7.07. The molecule has 2 amide bonds. The fraction of sp³-hybridized carbons (Fsp3) is 0.429. The fourth-order valence-electron chi connectivity index (χ4n) is 1.41. The summed E-state index contributed by atoms with van der Waals surface area (Å²) in [6.45, 7) is 3.17. The van der Waals surface area contributed by atoms with Gasteiger partial charge < -0.3 is 25.6 Å². The maximum atomic E-state index is 11.6. The maximum absolute atomic E-state index is 11.6. The third kappa shape index (κ3) is 5.42. The van der Waals surface area contributed by atoms with Gasteiger partial charge in [0.25, 0.3) is 0 Å². The molecule has 122 valence electrons. The minimum absolute atomic E-state index is 0.351. The lowest BCUT2D eigenvalue weighted by Crippen LogP contribution is -2.47. The zero-order valence-corrected chi connectivity index (χ0v) is 13.1. The van der Waals surface area contributed by atoms with Crippen LogP contribution < -0.4 is 15.4 Å². The van der Waals surface area contributed by atoms with Gasteiger partial charge in [0.15, 0.2) is 5.60 Å². The minimum atomic E-state index is -2.03. The van der Waals surface area contributed by atoms with Crippen LogP contribution in [0.25, 0.3) is 0 Å². The molecule has 0 aliphatic carbocycles. The van der Waals surface area contributed by atoms with Crippen LogP contribution in [0.2, 0.25) is 5.02 Å². The summed E-state index contributed by atoms with van der Waals surface area (Å²) in [4.78, 5) is 22.4. The highest BCUT2D eigenvalue weighted by atomic mass is 35.5. The monoisotopic (exact) mass is 330 g/mol. The molecule has 0 bridgehead atoms. The van der Waals surface area contributed by atoms with E-state index in [-0.39, 0.29) is 0 Å². The average molecular weight is 331 g/mol. The number of hydrogen-bond donors (Lipinski definition) is 4. The Morgan fingerprint density at radius 2 is 2.09 bits per heavy atom. The molecule has 1 rings (SSSR count). The smallest absolute Gasteiger partial charge is 0.337 e. The number of amides is 2. The fourth-order valence-corrected chi connectivity index (χ4v) is 1.65. The SMILES string of the molecule is CCCOc1ccc(NC(=O)NCC(C)(O)C(=O)O)cc1Cl. The molecule has 8 heteroatoms. The molecule has 1 unspecified atom stereocenters. The number of urea groups is 1. The molecule has 0 fully saturated rings. The number of benzene rings is 1. The molecule has 1 aromatic carbocycles. The summed E-state index contributed by atoms with van der Waals surface area (Å²) in [6.07, 6.45) is 0.849. The number of hydrogen-bond acceptors (Lipinski definition) is 4. The summed E-state index contributed by atoms with van der Waals surface area (Å²) in [7, 11) is 0. The van der Waals surface area contributed by atoms with E-state index in [9.17, 15) is 14.7 Å². The van der Waals surface area contributed by atoms with Crippen molar-refractivity contribution in [2.75, 3.05) is 18.5 Å². The van der Waals surface area contributed by atoms with Gasteiger partial charge in [-0.25, -0.2) is 9.59 Å². The third-order valence-corrected chi connectivity index (χ3v) is 3.00. The van der Waals surface area contributed by atoms with E-state index in [0.717, 1.165) is 13.3 Å². The lowest BCUT2D eigenvalue weighted by molar-refractivity contribution is -0.155. The third-order valence-electron chi connectivity index (χ3n) is 2.71. The van der Waals surface area contributed by atoms with Gasteiger partial charge in [-0.15, -0.1) is 0 Å². The molecule has 0 aromatic heterocycles. The van der Waals surface area contributed by atoms with Crippen LogP contribution >= 0.6 is 11.6 Å². The van der Waals surface area contributed by atoms with Crippen molar-refractivity contribution >= 4 is 29.3 Å². The predicted octanol–water partition coefficient (Wildman–Crippen LogP) is 2.09. The highest BCUT2D eigenvalue weighted by Crippen LogP contribution is 2.27. The van der Waals surface area contributed by atoms with Crippen LogP contribution in [0.5, 0.6) is 5.75 Å². The van der Waals surface area contributed by atoms with Crippen LogP contribution in [0.15, 0.2) is 18.2 Å². The summed E-state index contributed by atoms with van der Waals surface area (Å²) >= 11 is 6.03. The van der Waals surface area contributed by atoms with Crippen molar-refractivity contribution in [3.8, 4) is 5.75 Å². The Morgan fingerprint density at radius 3 is 2.64 bits per heavy atom. The van der Waals surface area contributed by atoms with Crippen molar-refractivity contribution < 1.29 is 24.5 Å². The van der Waals surface area contributed by atoms with E-state index in [1.165, 1.54) is 6.07 Å². The second kappa shape index (κ2) is 7.86. The Hall–Kier alpha value is -1.99. The quantitative estimate of drug-likeness (QED) is 0.612. The maximum Gasteiger partial charge on any atom is 0.337 e. The van der Waals surface area contributed by atoms with E-state index < -0.39 is 24.1 Å². The highest BCUT2D eigenvalue weighted by molar-refractivity contribution is 6.32. The van der Waals surface area contributed by atoms with Gasteiger partial charge in [0.05, 0.1) is 18.2 Å². The highest BCUT2D eigenvalue weighted by Gasteiger charge is 2.30. The van der Waals surface area contributed by atoms with E-state index in [1.807, 2.05) is 6.92 Å². The molecule has 22 heavy (non-hydrogen) atoms. The van der Waals surface area contributed by atoms with E-state index in [2.05, 4.69) is 10.6 Å². The van der Waals surface area contributed by atoms with Crippen LogP contribution in [0.4, 0.5) is 10.5 Å². The zero-order chi connectivity index (χ0) is 16.8. The Morgan fingerprint density at radius 1 is 1.41 bits per heavy atom. The summed E-state index contributed by atoms with van der Waals surface area (Å²) in [5, 5.41) is 23.3. The Balaban J connectivity index is 2.58. The topological polar surface area (TPSA) is 108 Å². The van der Waals surface area contributed by atoms with Gasteiger partial charge in [0, 0.05) is 5.69 Å². The number of ether oxygens (including phenoxy) is 1. The molecule has 1 atom stereocenters. The molecule has 0 aliphatic heterocycles. The molecule has 0 saturated heterocycles. The molecule has 0 aliphatic rings. The van der Waals surface area contributed by atoms with Crippen LogP contribution in [0.1, 0.15) is 20.3 Å². The van der Waals surface area contributed by atoms with E-state index in [4.69, 9.17) is 21.4 Å². The van der Waals surface area contributed by atoms with E-state index >= 15 is 0 Å². The summed E-state index contributed by atoms with van der Waals surface area (Å²) in [5.74, 6) is -0.906. The van der Waals surface area contributed by atoms with Crippen molar-refractivity contribution in [2.45, 2.75) is 25.9 Å². The molecular weight excluding hydrogens is 312 g/mol. The molecular formula is C14H19ClN2O5. The molecule has 0 spiro atoms. The number of carbonyl (C=O) groups is 2. The Labute approximate surface area is 133 Å². The molecule has 7 nitrogen and oxygen atoms in total. The Bertz CT molecular complexity index is 548. The van der Waals surface area contributed by atoms with Gasteiger partial charge in [0.1, 0.15) is 5.75 Å². The molecule has 0 radical (unpaired) electrons. The number of carboxylic acid groups (broad SMARTS) is 1. The van der Waals surface area contributed by atoms with Gasteiger partial charge in [-0.2, -0.15) is 0 Å². The largest absolute Gasteiger partial charge is 0.492 e. The number of carbonyl (C=O) groups excluding carboxylic acids is 1. The van der Waals surface area contributed by atoms with Crippen LogP contribution in [-0.4, -0.2) is 41.0 Å². The number of aliphatic hydroxyl groups is 1. The first-order chi connectivity index (χ1) is 10.3. The second-order valence-corrected chi connectivity index (χ2v) is 5.29. The van der Waals surface area contributed by atoms with Crippen LogP contribution in [-0.2, 0) is 4.79 Å². The summed E-state index contributed by atoms with van der Waals surface area (Å²) in [6, 6.07) is 4.09. The second-order valence-electron chi connectivity index (χ2n) is 4.88. The number of rotatable bonds is 7. The molecule has 1 aromatic rings. The van der Waals surface area contributed by atoms with Crippen molar-refractivity contribution in [1.82, 2.24) is 5.32 Å². The number of aliphatic carboxylic acids is 1. The number of halogens is 1. The summed E-state index contributed by atoms with van der Waals surface area (Å²) < 4.78 is 5.41. The molecule has 0 saturated carbocycles. The van der Waals surface area contributed by atoms with Crippen molar-refractivity contribution in [1.29, 1.82) is 0 Å². The molecule has 4 N–H and O–H groups in total. The Kier molecular flexibility index (Phi) is 6.45. The standard InChI is InChI=1S/C14H19ClN2O5/c1-3-6-22-11-5-4-9(7-10(11)15)17-13(20)16-8-14(2,21)12(18)19/h4-5,7,21H,3,6,8H2,1-2H3,(H,18,19)(H2,16,17,20). The van der Waals surface area contributed by atoms with Gasteiger partial charge in [0.2, 0.25) is 0 Å². The first kappa shape index (κ1) is 18.1. The van der Waals surface area contributed by atoms with Crippen molar-refractivity contribution in [2.24, 2.45) is 0 Å². The molecule has 0 heterocycles. The van der Waals surface area contributed by atoms with Crippen molar-refractivity contribution in [3.05, 3.63) is 23.2 Å². The first-order valence-electron chi connectivity index (χ1n) is 6.69. The van der Waals surface area contributed by atoms with E-state index in [1.54, 1.807) is 12.1 Å². The van der Waals surface area contributed by atoms with E-state index in [0.29, 0.717) is 23.1 Å². The normalized spacial score (nSPS) is 13.1.